The molecule has 1 aromatic carbocycles. The van der Waals surface area contributed by atoms with Gasteiger partial charge >= 0.3 is 0 Å². The molecule has 0 saturated heterocycles. The van der Waals surface area contributed by atoms with Crippen LogP contribution in [0.15, 0.2) is 30.3 Å². The summed E-state index contributed by atoms with van der Waals surface area (Å²) >= 11 is 0. The lowest BCUT2D eigenvalue weighted by Gasteiger charge is -2.11. The summed E-state index contributed by atoms with van der Waals surface area (Å²) in [6, 6.07) is 10.1. The lowest BCUT2D eigenvalue weighted by Crippen LogP contribution is -2.15. The van der Waals surface area contributed by atoms with Crippen molar-refractivity contribution < 1.29 is 9.84 Å². The molecule has 0 saturated carbocycles. The molecule has 0 aliphatic rings. The van der Waals surface area contributed by atoms with Crippen LogP contribution in [-0.2, 0) is 11.3 Å². The Bertz CT molecular complexity index is 310. The summed E-state index contributed by atoms with van der Waals surface area (Å²) < 4.78 is 5.54. The van der Waals surface area contributed by atoms with Crippen LogP contribution in [0, 0.1) is 0 Å². The molecular weight excluding hydrogens is 248 g/mol. The number of hydrogen-bond donors (Lipinski definition) is 1. The van der Waals surface area contributed by atoms with Crippen LogP contribution in [0.25, 0.3) is 0 Å². The average Bonchev–Trinajstić information content (AvgIpc) is 2.47. The quantitative estimate of drug-likeness (QED) is 0.561. The molecule has 20 heavy (non-hydrogen) atoms. The second-order valence-corrected chi connectivity index (χ2v) is 5.56. The van der Waals surface area contributed by atoms with Gasteiger partial charge in [0.15, 0.2) is 0 Å². The summed E-state index contributed by atoms with van der Waals surface area (Å²) in [7, 11) is 0. The van der Waals surface area contributed by atoms with Gasteiger partial charge in [-0.2, -0.15) is 0 Å². The molecular formula is C18H30O2. The molecule has 1 unspecified atom stereocenters. The van der Waals surface area contributed by atoms with E-state index in [9.17, 15) is 5.11 Å². The molecule has 2 heteroatoms. The molecule has 1 atom stereocenters. The number of aliphatic hydroxyl groups excluding tert-OH is 1. The summed E-state index contributed by atoms with van der Waals surface area (Å²) in [6.45, 7) is 3.28. The molecule has 0 radical (unpaired) electrons. The Morgan fingerprint density at radius 1 is 0.950 bits per heavy atom. The predicted octanol–water partition coefficient (Wildman–Crippen LogP) is 4.70. The van der Waals surface area contributed by atoms with Crippen LogP contribution in [-0.4, -0.2) is 17.8 Å². The second-order valence-electron chi connectivity index (χ2n) is 5.56. The van der Waals surface area contributed by atoms with E-state index in [2.05, 4.69) is 6.92 Å². The number of benzene rings is 1. The molecule has 1 aromatic rings. The monoisotopic (exact) mass is 278 g/mol. The molecule has 114 valence electrons. The lowest BCUT2D eigenvalue weighted by atomic mass is 10.1. The minimum atomic E-state index is -0.311. The number of ether oxygens (including phenoxy) is 1. The molecule has 0 heterocycles. The fourth-order valence-electron chi connectivity index (χ4n) is 2.31. The number of rotatable bonds is 12. The smallest absolute Gasteiger partial charge is 0.0773 e. The second kappa shape index (κ2) is 11.9. The van der Waals surface area contributed by atoms with Gasteiger partial charge in [0.2, 0.25) is 0 Å². The molecule has 0 fully saturated rings. The Morgan fingerprint density at radius 2 is 1.60 bits per heavy atom. The molecule has 0 spiro atoms. The van der Waals surface area contributed by atoms with E-state index in [0.717, 1.165) is 18.4 Å². The van der Waals surface area contributed by atoms with E-state index < -0.39 is 0 Å². The first-order chi connectivity index (χ1) is 9.83. The predicted molar refractivity (Wildman–Crippen MR) is 84.7 cm³/mol. The van der Waals surface area contributed by atoms with Crippen molar-refractivity contribution in [2.24, 2.45) is 0 Å². The molecule has 0 aliphatic carbocycles. The van der Waals surface area contributed by atoms with Crippen molar-refractivity contribution >= 4 is 0 Å². The zero-order chi connectivity index (χ0) is 14.5. The SMILES string of the molecule is CCCCCCCCCC(O)COCc1ccccc1. The Labute approximate surface area is 124 Å². The van der Waals surface area contributed by atoms with Crippen LogP contribution < -0.4 is 0 Å². The number of aliphatic hydroxyl groups is 1. The van der Waals surface area contributed by atoms with E-state index in [1.807, 2.05) is 30.3 Å². The topological polar surface area (TPSA) is 29.5 Å². The van der Waals surface area contributed by atoms with Gasteiger partial charge in [-0.15, -0.1) is 0 Å². The van der Waals surface area contributed by atoms with Gasteiger partial charge in [0.1, 0.15) is 0 Å². The standard InChI is InChI=1S/C18H30O2/c1-2-3-4-5-6-7-11-14-18(19)16-20-15-17-12-9-8-10-13-17/h8-10,12-13,18-19H,2-7,11,14-16H2,1H3. The fraction of sp³-hybridized carbons (Fsp3) is 0.667. The summed E-state index contributed by atoms with van der Waals surface area (Å²) in [5.74, 6) is 0. The van der Waals surface area contributed by atoms with Gasteiger partial charge in [0, 0.05) is 0 Å². The van der Waals surface area contributed by atoms with Gasteiger partial charge in [-0.1, -0.05) is 82.2 Å². The number of hydrogen-bond acceptors (Lipinski definition) is 2. The third kappa shape index (κ3) is 9.11. The van der Waals surface area contributed by atoms with Crippen molar-refractivity contribution in [1.82, 2.24) is 0 Å². The molecule has 0 aliphatic heterocycles. The van der Waals surface area contributed by atoms with Gasteiger partial charge in [-0.3, -0.25) is 0 Å². The Morgan fingerprint density at radius 3 is 2.30 bits per heavy atom. The van der Waals surface area contributed by atoms with Crippen LogP contribution in [0.1, 0.15) is 63.9 Å². The minimum absolute atomic E-state index is 0.311. The van der Waals surface area contributed by atoms with E-state index in [1.54, 1.807) is 0 Å². The van der Waals surface area contributed by atoms with Crippen LogP contribution >= 0.6 is 0 Å². The van der Waals surface area contributed by atoms with Crippen molar-refractivity contribution in [3.63, 3.8) is 0 Å². The van der Waals surface area contributed by atoms with E-state index in [1.165, 1.54) is 38.5 Å². The van der Waals surface area contributed by atoms with Crippen LogP contribution in [0.4, 0.5) is 0 Å². The van der Waals surface area contributed by atoms with Gasteiger partial charge in [0.25, 0.3) is 0 Å². The summed E-state index contributed by atoms with van der Waals surface area (Å²) in [5, 5.41) is 9.84. The van der Waals surface area contributed by atoms with Crippen LogP contribution in [0.3, 0.4) is 0 Å². The van der Waals surface area contributed by atoms with Crippen molar-refractivity contribution in [3.8, 4) is 0 Å². The highest BCUT2D eigenvalue weighted by Crippen LogP contribution is 2.10. The van der Waals surface area contributed by atoms with Crippen molar-refractivity contribution in [1.29, 1.82) is 0 Å². The highest BCUT2D eigenvalue weighted by atomic mass is 16.5. The minimum Gasteiger partial charge on any atom is -0.391 e. The van der Waals surface area contributed by atoms with Crippen molar-refractivity contribution in [2.75, 3.05) is 6.61 Å². The molecule has 0 aromatic heterocycles. The molecule has 2 nitrogen and oxygen atoms in total. The Balaban J connectivity index is 1.91. The molecule has 0 bridgehead atoms. The van der Waals surface area contributed by atoms with Gasteiger partial charge in [-0.05, 0) is 12.0 Å². The molecule has 1 rings (SSSR count). The summed E-state index contributed by atoms with van der Waals surface area (Å²) in [4.78, 5) is 0. The van der Waals surface area contributed by atoms with Crippen LogP contribution in [0.5, 0.6) is 0 Å². The van der Waals surface area contributed by atoms with E-state index in [4.69, 9.17) is 4.74 Å². The average molecular weight is 278 g/mol. The molecule has 0 amide bonds. The van der Waals surface area contributed by atoms with Crippen molar-refractivity contribution in [3.05, 3.63) is 35.9 Å². The first kappa shape index (κ1) is 17.2. The highest BCUT2D eigenvalue weighted by Gasteiger charge is 2.04. The summed E-state index contributed by atoms with van der Waals surface area (Å²) in [5.41, 5.74) is 1.16. The summed E-state index contributed by atoms with van der Waals surface area (Å²) in [6.07, 6.45) is 9.57. The number of unbranched alkanes of at least 4 members (excludes halogenated alkanes) is 6. The maximum atomic E-state index is 9.84. The van der Waals surface area contributed by atoms with Crippen molar-refractivity contribution in [2.45, 2.75) is 71.0 Å². The molecule has 1 N–H and O–H groups in total. The maximum Gasteiger partial charge on any atom is 0.0773 e. The first-order valence-corrected chi connectivity index (χ1v) is 8.12. The third-order valence-corrected chi connectivity index (χ3v) is 3.56. The third-order valence-electron chi connectivity index (χ3n) is 3.56. The van der Waals surface area contributed by atoms with E-state index >= 15 is 0 Å². The largest absolute Gasteiger partial charge is 0.391 e. The van der Waals surface area contributed by atoms with Crippen LogP contribution in [0.2, 0.25) is 0 Å². The van der Waals surface area contributed by atoms with E-state index in [0.29, 0.717) is 13.2 Å². The van der Waals surface area contributed by atoms with Gasteiger partial charge in [0.05, 0.1) is 19.3 Å². The zero-order valence-electron chi connectivity index (χ0n) is 12.9. The zero-order valence-corrected chi connectivity index (χ0v) is 12.9. The Hall–Kier alpha value is -0.860. The maximum absolute atomic E-state index is 9.84. The fourth-order valence-corrected chi connectivity index (χ4v) is 2.31. The van der Waals surface area contributed by atoms with E-state index in [-0.39, 0.29) is 6.10 Å². The normalized spacial score (nSPS) is 12.5. The van der Waals surface area contributed by atoms with Gasteiger partial charge in [-0.25, -0.2) is 0 Å². The lowest BCUT2D eigenvalue weighted by molar-refractivity contribution is 0.0233. The van der Waals surface area contributed by atoms with Gasteiger partial charge < -0.3 is 9.84 Å². The Kier molecular flexibility index (Phi) is 10.3. The highest BCUT2D eigenvalue weighted by molar-refractivity contribution is 5.13. The first-order valence-electron chi connectivity index (χ1n) is 8.12.